The van der Waals surface area contributed by atoms with Gasteiger partial charge in [-0.1, -0.05) is 0 Å². The number of carbonyl (C=O) groups is 1. The second-order valence-electron chi connectivity index (χ2n) is 5.93. The molecule has 2 N–H and O–H groups in total. The first-order valence-corrected chi connectivity index (χ1v) is 8.55. The van der Waals surface area contributed by atoms with E-state index in [2.05, 4.69) is 9.89 Å². The van der Waals surface area contributed by atoms with Crippen LogP contribution in [0.1, 0.15) is 24.2 Å². The Labute approximate surface area is 154 Å². The third kappa shape index (κ3) is 3.81. The van der Waals surface area contributed by atoms with E-state index in [1.165, 1.54) is 6.07 Å². The van der Waals surface area contributed by atoms with Gasteiger partial charge in [0, 0.05) is 36.3 Å². The molecule has 2 aromatic carbocycles. The van der Waals surface area contributed by atoms with E-state index in [-0.39, 0.29) is 16.8 Å². The van der Waals surface area contributed by atoms with Gasteiger partial charge in [0.25, 0.3) is 5.91 Å². The number of anilines is 1. The lowest BCUT2D eigenvalue weighted by atomic mass is 10.1. The van der Waals surface area contributed by atoms with E-state index in [1.54, 1.807) is 0 Å². The molecule has 1 aromatic heterocycles. The minimum absolute atomic E-state index is 0.0123. The molecule has 0 spiro atoms. The Morgan fingerprint density at radius 1 is 1.11 bits per heavy atom. The molecule has 0 saturated heterocycles. The van der Waals surface area contributed by atoms with E-state index in [9.17, 15) is 13.6 Å². The molecule has 1 heterocycles. The number of fused-ring (bicyclic) bond motifs is 1. The molecule has 0 radical (unpaired) electrons. The van der Waals surface area contributed by atoms with E-state index in [4.69, 9.17) is 10.2 Å². The largest absolute Gasteiger partial charge is 0.437 e. The van der Waals surface area contributed by atoms with E-state index >= 15 is 0 Å². The summed E-state index contributed by atoms with van der Waals surface area (Å²) in [6.07, 6.45) is 0. The molecule has 0 aliphatic heterocycles. The normalized spacial score (nSPS) is 11.8. The van der Waals surface area contributed by atoms with E-state index in [1.807, 2.05) is 32.0 Å². The highest BCUT2D eigenvalue weighted by atomic mass is 19.1. The summed E-state index contributed by atoms with van der Waals surface area (Å²) in [7, 11) is 0. The molecule has 0 saturated carbocycles. The zero-order chi connectivity index (χ0) is 19.6. The molecule has 0 bridgehead atoms. The van der Waals surface area contributed by atoms with Crippen LogP contribution in [0.2, 0.25) is 0 Å². The average Bonchev–Trinajstić information content (AvgIpc) is 2.65. The lowest BCUT2D eigenvalue weighted by Crippen LogP contribution is -2.23. The number of primary amides is 1. The summed E-state index contributed by atoms with van der Waals surface area (Å²) in [5.74, 6) is -2.16. The minimum atomic E-state index is -0.774. The molecule has 27 heavy (non-hydrogen) atoms. The van der Waals surface area contributed by atoms with Crippen molar-refractivity contribution in [3.63, 3.8) is 0 Å². The number of benzene rings is 2. The molecular weight excluding hydrogens is 352 g/mol. The highest BCUT2D eigenvalue weighted by Gasteiger charge is 2.12. The number of hydrogen-bond acceptors (Lipinski definition) is 4. The highest BCUT2D eigenvalue weighted by molar-refractivity contribution is 5.95. The third-order valence-electron chi connectivity index (χ3n) is 4.26. The smallest absolute Gasteiger partial charge is 0.254 e. The molecule has 5 nitrogen and oxygen atoms in total. The Bertz CT molecular complexity index is 1070. The zero-order valence-electron chi connectivity index (χ0n) is 15.0. The van der Waals surface area contributed by atoms with Crippen LogP contribution in [0.4, 0.5) is 20.2 Å². The Morgan fingerprint density at radius 2 is 1.85 bits per heavy atom. The molecule has 1 amide bonds. The van der Waals surface area contributed by atoms with E-state index in [0.29, 0.717) is 11.0 Å². The monoisotopic (exact) mass is 371 g/mol. The fourth-order valence-corrected chi connectivity index (χ4v) is 2.83. The number of carbonyl (C=O) groups excluding carboxylic acids is 1. The van der Waals surface area contributed by atoms with Gasteiger partial charge in [0.1, 0.15) is 28.5 Å². The molecule has 3 rings (SSSR count). The summed E-state index contributed by atoms with van der Waals surface area (Å²) in [6.45, 7) is 5.70. The van der Waals surface area contributed by atoms with Crippen molar-refractivity contribution in [2.24, 2.45) is 10.7 Å². The maximum Gasteiger partial charge on any atom is 0.254 e. The van der Waals surface area contributed by atoms with Crippen molar-refractivity contribution in [2.75, 3.05) is 18.0 Å². The van der Waals surface area contributed by atoms with Crippen molar-refractivity contribution >= 4 is 28.3 Å². The number of rotatable bonds is 5. The SMILES string of the molecule is CCN(CC)c1ccc2cc(C(N)=O)c(=Nc3cc(F)ccc3F)oc2c1. The summed E-state index contributed by atoms with van der Waals surface area (Å²) in [6, 6.07) is 9.93. The summed E-state index contributed by atoms with van der Waals surface area (Å²) >= 11 is 0. The Kier molecular flexibility index (Phi) is 5.21. The molecule has 0 aliphatic carbocycles. The van der Waals surface area contributed by atoms with Gasteiger partial charge in [-0.05, 0) is 44.2 Å². The van der Waals surface area contributed by atoms with Gasteiger partial charge in [-0.3, -0.25) is 4.79 Å². The van der Waals surface area contributed by atoms with E-state index in [0.717, 1.165) is 37.0 Å². The van der Waals surface area contributed by atoms with Crippen molar-refractivity contribution in [1.29, 1.82) is 0 Å². The fourth-order valence-electron chi connectivity index (χ4n) is 2.83. The van der Waals surface area contributed by atoms with Crippen molar-refractivity contribution in [3.8, 4) is 0 Å². The molecular formula is C20H19F2N3O2. The predicted octanol–water partition coefficient (Wildman–Crippen LogP) is 3.89. The van der Waals surface area contributed by atoms with Crippen molar-refractivity contribution in [1.82, 2.24) is 0 Å². The number of nitrogens with two attached hydrogens (primary N) is 1. The van der Waals surface area contributed by atoms with Gasteiger partial charge in [0.2, 0.25) is 5.55 Å². The number of halogens is 2. The third-order valence-corrected chi connectivity index (χ3v) is 4.26. The molecule has 0 aliphatic rings. The highest BCUT2D eigenvalue weighted by Crippen LogP contribution is 2.23. The van der Waals surface area contributed by atoms with Crippen LogP contribution in [0.5, 0.6) is 0 Å². The standard InChI is InChI=1S/C20H19F2N3O2/c1-3-25(4-2)14-7-5-12-9-15(19(23)26)20(27-18(12)11-14)24-17-10-13(21)6-8-16(17)22/h5-11H,3-4H2,1-2H3,(H2,23,26). The fraction of sp³-hybridized carbons (Fsp3) is 0.200. The van der Waals surface area contributed by atoms with E-state index < -0.39 is 17.5 Å². The van der Waals surface area contributed by atoms with Gasteiger partial charge in [0.15, 0.2) is 0 Å². The topological polar surface area (TPSA) is 71.8 Å². The zero-order valence-corrected chi connectivity index (χ0v) is 15.0. The molecule has 0 unspecified atom stereocenters. The van der Waals surface area contributed by atoms with Crippen molar-refractivity contribution in [2.45, 2.75) is 13.8 Å². The van der Waals surface area contributed by atoms with Crippen LogP contribution in [-0.2, 0) is 0 Å². The summed E-state index contributed by atoms with van der Waals surface area (Å²) < 4.78 is 33.1. The van der Waals surface area contributed by atoms with Crippen LogP contribution in [0.15, 0.2) is 51.9 Å². The second kappa shape index (κ2) is 7.57. The number of nitrogens with zero attached hydrogens (tertiary/aromatic N) is 2. The van der Waals surface area contributed by atoms with Crippen LogP contribution in [0.3, 0.4) is 0 Å². The average molecular weight is 371 g/mol. The molecule has 0 atom stereocenters. The van der Waals surface area contributed by atoms with Gasteiger partial charge in [-0.25, -0.2) is 13.8 Å². The number of amides is 1. The molecule has 7 heteroatoms. The number of hydrogen-bond donors (Lipinski definition) is 1. The quantitative estimate of drug-likeness (QED) is 0.740. The van der Waals surface area contributed by atoms with Gasteiger partial charge >= 0.3 is 0 Å². The predicted molar refractivity (Wildman–Crippen MR) is 99.9 cm³/mol. The molecule has 0 fully saturated rings. The van der Waals surface area contributed by atoms with Gasteiger partial charge in [-0.15, -0.1) is 0 Å². The summed E-state index contributed by atoms with van der Waals surface area (Å²) in [5, 5.41) is 0.651. The lowest BCUT2D eigenvalue weighted by molar-refractivity contribution is 0.0996. The first-order valence-electron chi connectivity index (χ1n) is 8.55. The van der Waals surface area contributed by atoms with Crippen molar-refractivity contribution in [3.05, 3.63) is 65.2 Å². The Balaban J connectivity index is 2.26. The van der Waals surface area contributed by atoms with Crippen LogP contribution < -0.4 is 16.2 Å². The first kappa shape index (κ1) is 18.6. The Hall–Kier alpha value is -3.22. The van der Waals surface area contributed by atoms with Crippen LogP contribution in [0.25, 0.3) is 11.0 Å². The summed E-state index contributed by atoms with van der Waals surface area (Å²) in [5.41, 5.74) is 6.35. The van der Waals surface area contributed by atoms with Crippen LogP contribution in [-0.4, -0.2) is 19.0 Å². The molecule has 3 aromatic rings. The van der Waals surface area contributed by atoms with Crippen LogP contribution >= 0.6 is 0 Å². The van der Waals surface area contributed by atoms with Gasteiger partial charge in [0.05, 0.1) is 0 Å². The Morgan fingerprint density at radius 3 is 2.52 bits per heavy atom. The first-order chi connectivity index (χ1) is 12.9. The van der Waals surface area contributed by atoms with Crippen LogP contribution in [0, 0.1) is 11.6 Å². The lowest BCUT2D eigenvalue weighted by Gasteiger charge is -2.21. The second-order valence-corrected chi connectivity index (χ2v) is 5.93. The molecule has 140 valence electrons. The van der Waals surface area contributed by atoms with Crippen molar-refractivity contribution < 1.29 is 18.0 Å². The maximum absolute atomic E-state index is 13.9. The maximum atomic E-state index is 13.9. The minimum Gasteiger partial charge on any atom is -0.437 e. The van der Waals surface area contributed by atoms with Gasteiger partial charge in [-0.2, -0.15) is 0 Å². The van der Waals surface area contributed by atoms with Gasteiger partial charge < -0.3 is 15.1 Å². The summed E-state index contributed by atoms with van der Waals surface area (Å²) in [4.78, 5) is 17.9.